The summed E-state index contributed by atoms with van der Waals surface area (Å²) in [4.78, 5) is 15.0. The number of carbonyl (C=O) groups is 1. The first kappa shape index (κ1) is 19.0. The molecule has 1 amide bonds. The first-order valence-electron chi connectivity index (χ1n) is 9.71. The van der Waals surface area contributed by atoms with Crippen LogP contribution < -0.4 is 10.0 Å². The highest BCUT2D eigenvalue weighted by molar-refractivity contribution is 7.92. The van der Waals surface area contributed by atoms with Crippen molar-refractivity contribution in [2.45, 2.75) is 17.7 Å². The summed E-state index contributed by atoms with van der Waals surface area (Å²) in [6.07, 6.45) is 2.08. The fourth-order valence-corrected chi connectivity index (χ4v) is 5.18. The molecule has 0 spiro atoms. The summed E-state index contributed by atoms with van der Waals surface area (Å²) in [6, 6.07) is 14.9. The first-order valence-corrected chi connectivity index (χ1v) is 11.2. The highest BCUT2D eigenvalue weighted by atomic mass is 32.2. The number of carbonyl (C=O) groups excluding carboxylic acids is 1. The highest BCUT2D eigenvalue weighted by Crippen LogP contribution is 2.28. The monoisotopic (exact) mass is 399 g/mol. The molecule has 2 atom stereocenters. The lowest BCUT2D eigenvalue weighted by Gasteiger charge is -2.21. The summed E-state index contributed by atoms with van der Waals surface area (Å²) >= 11 is 0. The molecule has 2 aliphatic heterocycles. The lowest BCUT2D eigenvalue weighted by atomic mass is 9.92. The van der Waals surface area contributed by atoms with Crippen molar-refractivity contribution >= 4 is 21.6 Å². The minimum Gasteiger partial charge on any atom is -0.339 e. The third-order valence-electron chi connectivity index (χ3n) is 5.74. The van der Waals surface area contributed by atoms with Crippen LogP contribution in [0.3, 0.4) is 0 Å². The molecule has 2 heterocycles. The van der Waals surface area contributed by atoms with Crippen molar-refractivity contribution in [1.29, 1.82) is 0 Å². The third-order valence-corrected chi connectivity index (χ3v) is 7.14. The Morgan fingerprint density at radius 2 is 1.54 bits per heavy atom. The number of rotatable bonds is 4. The van der Waals surface area contributed by atoms with Crippen LogP contribution in [0.4, 0.5) is 5.69 Å². The molecule has 2 aliphatic rings. The van der Waals surface area contributed by atoms with Gasteiger partial charge in [-0.1, -0.05) is 18.2 Å². The van der Waals surface area contributed by atoms with Gasteiger partial charge in [0, 0.05) is 24.3 Å². The molecular weight excluding hydrogens is 374 g/mol. The Kier molecular flexibility index (Phi) is 5.37. The molecule has 0 bridgehead atoms. The van der Waals surface area contributed by atoms with Crippen LogP contribution in [0.5, 0.6) is 0 Å². The number of nitrogens with zero attached hydrogens (tertiary/aromatic N) is 1. The van der Waals surface area contributed by atoms with Crippen LogP contribution in [0.15, 0.2) is 59.5 Å². The van der Waals surface area contributed by atoms with Gasteiger partial charge in [0.2, 0.25) is 0 Å². The van der Waals surface area contributed by atoms with Gasteiger partial charge in [0.1, 0.15) is 0 Å². The Morgan fingerprint density at radius 3 is 2.14 bits per heavy atom. The smallest absolute Gasteiger partial charge is 0.261 e. The van der Waals surface area contributed by atoms with Crippen molar-refractivity contribution in [2.24, 2.45) is 11.8 Å². The predicted octanol–water partition coefficient (Wildman–Crippen LogP) is 2.56. The van der Waals surface area contributed by atoms with Crippen LogP contribution in [0.2, 0.25) is 0 Å². The van der Waals surface area contributed by atoms with Crippen molar-refractivity contribution in [3.05, 3.63) is 60.2 Å². The molecule has 0 saturated carbocycles. The van der Waals surface area contributed by atoms with E-state index in [1.165, 1.54) is 0 Å². The molecule has 4 rings (SSSR count). The molecule has 148 valence electrons. The molecule has 0 aromatic heterocycles. The average molecular weight is 400 g/mol. The number of amides is 1. The summed E-state index contributed by atoms with van der Waals surface area (Å²) in [7, 11) is -3.63. The zero-order valence-electron chi connectivity index (χ0n) is 15.7. The zero-order chi connectivity index (χ0) is 19.6. The number of hydrogen-bond donors (Lipinski definition) is 2. The van der Waals surface area contributed by atoms with Crippen LogP contribution in [-0.2, 0) is 10.0 Å². The van der Waals surface area contributed by atoms with E-state index in [1.807, 2.05) is 4.90 Å². The average Bonchev–Trinajstić information content (AvgIpc) is 3.07. The quantitative estimate of drug-likeness (QED) is 0.828. The lowest BCUT2D eigenvalue weighted by molar-refractivity contribution is 0.0758. The van der Waals surface area contributed by atoms with Gasteiger partial charge in [0.05, 0.1) is 4.90 Å². The predicted molar refractivity (Wildman–Crippen MR) is 109 cm³/mol. The molecule has 0 aliphatic carbocycles. The van der Waals surface area contributed by atoms with Crippen molar-refractivity contribution in [2.75, 3.05) is 30.9 Å². The van der Waals surface area contributed by atoms with Crippen LogP contribution in [-0.4, -0.2) is 45.4 Å². The van der Waals surface area contributed by atoms with Gasteiger partial charge in [-0.3, -0.25) is 9.52 Å². The van der Waals surface area contributed by atoms with E-state index in [0.29, 0.717) is 23.1 Å². The number of likely N-dealkylation sites (tertiary alicyclic amines) is 1. The Morgan fingerprint density at radius 1 is 0.929 bits per heavy atom. The maximum absolute atomic E-state index is 12.9. The van der Waals surface area contributed by atoms with E-state index in [0.717, 1.165) is 39.0 Å². The number of fused-ring (bicyclic) bond motifs is 1. The molecular formula is C21H25N3O3S. The minimum atomic E-state index is -3.63. The maximum atomic E-state index is 12.9. The van der Waals surface area contributed by atoms with Crippen molar-refractivity contribution in [3.8, 4) is 0 Å². The largest absolute Gasteiger partial charge is 0.339 e. The van der Waals surface area contributed by atoms with Crippen LogP contribution in [0.25, 0.3) is 0 Å². The van der Waals surface area contributed by atoms with E-state index < -0.39 is 10.0 Å². The molecule has 28 heavy (non-hydrogen) atoms. The topological polar surface area (TPSA) is 78.5 Å². The van der Waals surface area contributed by atoms with Crippen molar-refractivity contribution < 1.29 is 13.2 Å². The van der Waals surface area contributed by atoms with Gasteiger partial charge in [0.25, 0.3) is 15.9 Å². The fourth-order valence-electron chi connectivity index (χ4n) is 4.10. The summed E-state index contributed by atoms with van der Waals surface area (Å²) in [6.45, 7) is 3.68. The van der Waals surface area contributed by atoms with Crippen LogP contribution >= 0.6 is 0 Å². The lowest BCUT2D eigenvalue weighted by Crippen LogP contribution is -2.32. The number of sulfonamides is 1. The van der Waals surface area contributed by atoms with Gasteiger partial charge in [-0.2, -0.15) is 0 Å². The van der Waals surface area contributed by atoms with Gasteiger partial charge < -0.3 is 10.2 Å². The van der Waals surface area contributed by atoms with E-state index >= 15 is 0 Å². The second kappa shape index (κ2) is 7.93. The van der Waals surface area contributed by atoms with E-state index in [4.69, 9.17) is 0 Å². The van der Waals surface area contributed by atoms with Crippen LogP contribution in [0.1, 0.15) is 23.2 Å². The van der Waals surface area contributed by atoms with Gasteiger partial charge in [-0.15, -0.1) is 0 Å². The third kappa shape index (κ3) is 4.05. The number of nitrogens with one attached hydrogen (secondary N) is 2. The normalized spacial score (nSPS) is 22.4. The van der Waals surface area contributed by atoms with E-state index in [2.05, 4.69) is 10.0 Å². The van der Waals surface area contributed by atoms with Gasteiger partial charge in [0.15, 0.2) is 0 Å². The Labute approximate surface area is 166 Å². The molecule has 0 unspecified atom stereocenters. The Balaban J connectivity index is 1.42. The molecule has 2 saturated heterocycles. The molecule has 7 heteroatoms. The SMILES string of the molecule is O=C(c1ccc(NS(=O)(=O)c2ccccc2)cc1)N1CC[C@@H]2CNC[C@@H]2CC1. The standard InChI is InChI=1S/C21H25N3O3S/c25-21(24-12-10-17-14-22-15-18(17)11-13-24)16-6-8-19(9-7-16)23-28(26,27)20-4-2-1-3-5-20/h1-9,17-18,22-23H,10-15H2/t17-,18+. The van der Waals surface area contributed by atoms with E-state index in [1.54, 1.807) is 54.6 Å². The van der Waals surface area contributed by atoms with E-state index in [-0.39, 0.29) is 10.8 Å². The summed E-state index contributed by atoms with van der Waals surface area (Å²) in [5.41, 5.74) is 1.03. The molecule has 0 radical (unpaired) electrons. The molecule has 2 N–H and O–H groups in total. The van der Waals surface area contributed by atoms with Crippen LogP contribution in [0, 0.1) is 11.8 Å². The van der Waals surface area contributed by atoms with Gasteiger partial charge >= 0.3 is 0 Å². The summed E-state index contributed by atoms with van der Waals surface area (Å²) in [5, 5.41) is 3.44. The summed E-state index contributed by atoms with van der Waals surface area (Å²) in [5.74, 6) is 1.37. The minimum absolute atomic E-state index is 0.0189. The van der Waals surface area contributed by atoms with E-state index in [9.17, 15) is 13.2 Å². The Bertz CT molecular complexity index is 915. The number of hydrogen-bond acceptors (Lipinski definition) is 4. The Hall–Kier alpha value is -2.38. The zero-order valence-corrected chi connectivity index (χ0v) is 16.5. The first-order chi connectivity index (χ1) is 13.5. The number of benzene rings is 2. The van der Waals surface area contributed by atoms with Crippen molar-refractivity contribution in [3.63, 3.8) is 0 Å². The van der Waals surface area contributed by atoms with Gasteiger partial charge in [-0.05, 0) is 74.2 Å². The van der Waals surface area contributed by atoms with Gasteiger partial charge in [-0.25, -0.2) is 8.42 Å². The molecule has 2 fully saturated rings. The molecule has 2 aromatic rings. The molecule has 6 nitrogen and oxygen atoms in total. The maximum Gasteiger partial charge on any atom is 0.261 e. The number of anilines is 1. The fraction of sp³-hybridized carbons (Fsp3) is 0.381. The second-order valence-corrected chi connectivity index (χ2v) is 9.23. The highest BCUT2D eigenvalue weighted by Gasteiger charge is 2.31. The molecule has 2 aromatic carbocycles. The summed E-state index contributed by atoms with van der Waals surface area (Å²) < 4.78 is 27.4. The van der Waals surface area contributed by atoms with Crippen molar-refractivity contribution in [1.82, 2.24) is 10.2 Å². The second-order valence-electron chi connectivity index (χ2n) is 7.54.